The van der Waals surface area contributed by atoms with E-state index in [1.54, 1.807) is 0 Å². The smallest absolute Gasteiger partial charge is 0.300 e. The van der Waals surface area contributed by atoms with E-state index < -0.39 is 16.5 Å². The molecule has 1 N–H and O–H groups in total. The predicted octanol–water partition coefficient (Wildman–Crippen LogP) is 1.60. The number of hydrogen-bond acceptors (Lipinski definition) is 6. The van der Waals surface area contributed by atoms with E-state index in [2.05, 4.69) is 20.0 Å². The Kier molecular flexibility index (Phi) is 4.26. The first-order valence-electron chi connectivity index (χ1n) is 5.56. The zero-order valence-corrected chi connectivity index (χ0v) is 10.8. The number of rotatable bonds is 5. The summed E-state index contributed by atoms with van der Waals surface area (Å²) in [4.78, 5) is 25.9. The number of nitrogens with zero attached hydrogens (tertiary/aromatic N) is 3. The molecule has 2 rings (SSSR count). The second-order valence-corrected chi connectivity index (χ2v) is 4.15. The molecule has 2 aromatic rings. The van der Waals surface area contributed by atoms with Gasteiger partial charge in [0.1, 0.15) is 10.6 Å². The Morgan fingerprint density at radius 1 is 1.50 bits per heavy atom. The number of benzene rings is 1. The van der Waals surface area contributed by atoms with Crippen LogP contribution in [0, 0.1) is 10.1 Å². The molecule has 1 aromatic heterocycles. The molecule has 0 saturated carbocycles. The number of nitro groups is 1. The third kappa shape index (κ3) is 3.09. The number of halogens is 1. The van der Waals surface area contributed by atoms with Gasteiger partial charge in [0.25, 0.3) is 5.91 Å². The normalized spacial score (nSPS) is 10.2. The monoisotopic (exact) mass is 296 g/mol. The van der Waals surface area contributed by atoms with Crippen LogP contribution in [-0.2, 0) is 6.42 Å². The fourth-order valence-corrected chi connectivity index (χ4v) is 1.81. The van der Waals surface area contributed by atoms with Crippen molar-refractivity contribution in [3.8, 4) is 0 Å². The highest BCUT2D eigenvalue weighted by molar-refractivity contribution is 6.33. The third-order valence-corrected chi connectivity index (χ3v) is 2.76. The number of amides is 1. The summed E-state index contributed by atoms with van der Waals surface area (Å²) in [5, 5.41) is 16.9. The van der Waals surface area contributed by atoms with Crippen LogP contribution in [0.1, 0.15) is 16.2 Å². The van der Waals surface area contributed by atoms with Gasteiger partial charge in [-0.2, -0.15) is 4.98 Å². The second kappa shape index (κ2) is 6.11. The van der Waals surface area contributed by atoms with E-state index in [-0.39, 0.29) is 17.1 Å². The maximum absolute atomic E-state index is 11.9. The summed E-state index contributed by atoms with van der Waals surface area (Å²) in [6.45, 7) is 0.224. The third-order valence-electron chi connectivity index (χ3n) is 2.46. The largest absolute Gasteiger partial charge is 0.351 e. The summed E-state index contributed by atoms with van der Waals surface area (Å²) in [6.07, 6.45) is 1.54. The fourth-order valence-electron chi connectivity index (χ4n) is 1.57. The summed E-state index contributed by atoms with van der Waals surface area (Å²) >= 11 is 5.73. The summed E-state index contributed by atoms with van der Waals surface area (Å²) in [6, 6.07) is 4.17. The molecular weight excluding hydrogens is 288 g/mol. The Labute approximate surface area is 117 Å². The van der Waals surface area contributed by atoms with Crippen molar-refractivity contribution in [3.05, 3.63) is 51.1 Å². The molecule has 1 amide bonds. The minimum Gasteiger partial charge on any atom is -0.351 e. The molecule has 0 spiro atoms. The summed E-state index contributed by atoms with van der Waals surface area (Å²) in [5.74, 6) is -0.145. The maximum Gasteiger partial charge on any atom is 0.300 e. The summed E-state index contributed by atoms with van der Waals surface area (Å²) in [7, 11) is 0. The first-order valence-corrected chi connectivity index (χ1v) is 5.93. The van der Waals surface area contributed by atoms with Crippen LogP contribution in [-0.4, -0.2) is 27.5 Å². The summed E-state index contributed by atoms with van der Waals surface area (Å²) < 4.78 is 4.54. The van der Waals surface area contributed by atoms with Crippen molar-refractivity contribution >= 4 is 23.2 Å². The van der Waals surface area contributed by atoms with Gasteiger partial charge in [-0.15, -0.1) is 0 Å². The van der Waals surface area contributed by atoms with Gasteiger partial charge in [-0.1, -0.05) is 22.8 Å². The summed E-state index contributed by atoms with van der Waals surface area (Å²) in [5.41, 5.74) is -0.498. The molecule has 20 heavy (non-hydrogen) atoms. The molecule has 1 heterocycles. The number of nitrogens with one attached hydrogen (secondary N) is 1. The first kappa shape index (κ1) is 13.9. The van der Waals surface area contributed by atoms with E-state index >= 15 is 0 Å². The highest BCUT2D eigenvalue weighted by Gasteiger charge is 2.23. The molecule has 0 unspecified atom stereocenters. The van der Waals surface area contributed by atoms with Gasteiger partial charge in [0, 0.05) is 13.0 Å². The van der Waals surface area contributed by atoms with Crippen LogP contribution in [0.3, 0.4) is 0 Å². The number of carbonyl (C=O) groups is 1. The van der Waals surface area contributed by atoms with Crippen molar-refractivity contribution in [2.45, 2.75) is 6.42 Å². The van der Waals surface area contributed by atoms with Gasteiger partial charge >= 0.3 is 5.69 Å². The van der Waals surface area contributed by atoms with Crippen LogP contribution in [0.2, 0.25) is 5.02 Å². The molecule has 0 radical (unpaired) electrons. The number of hydrogen-bond donors (Lipinski definition) is 1. The van der Waals surface area contributed by atoms with Gasteiger partial charge < -0.3 is 9.84 Å². The molecule has 0 aliphatic heterocycles. The fraction of sp³-hybridized carbons (Fsp3) is 0.182. The first-order chi connectivity index (χ1) is 9.59. The zero-order chi connectivity index (χ0) is 14.5. The van der Waals surface area contributed by atoms with E-state index in [0.29, 0.717) is 12.2 Å². The van der Waals surface area contributed by atoms with E-state index in [1.165, 1.54) is 24.6 Å². The standard InChI is InChI=1S/C11H9ClN4O4/c12-8-3-1-2-7(10(8)16(18)19)11(17)13-5-4-9-14-6-20-15-9/h1-3,6H,4-5H2,(H,13,17). The highest BCUT2D eigenvalue weighted by Crippen LogP contribution is 2.27. The Balaban J connectivity index is 2.06. The van der Waals surface area contributed by atoms with Crippen LogP contribution in [0.5, 0.6) is 0 Å². The molecule has 0 atom stereocenters. The SMILES string of the molecule is O=C(NCCc1ncon1)c1cccc(Cl)c1[N+](=O)[O-]. The molecule has 0 bridgehead atoms. The molecule has 8 nitrogen and oxygen atoms in total. The van der Waals surface area contributed by atoms with Crippen LogP contribution in [0.4, 0.5) is 5.69 Å². The quantitative estimate of drug-likeness (QED) is 0.662. The van der Waals surface area contributed by atoms with Crippen LogP contribution < -0.4 is 5.32 Å². The van der Waals surface area contributed by atoms with Crippen molar-refractivity contribution in [2.75, 3.05) is 6.54 Å². The van der Waals surface area contributed by atoms with E-state index in [1.807, 2.05) is 0 Å². The number of nitro benzene ring substituents is 1. The Hall–Kier alpha value is -2.48. The van der Waals surface area contributed by atoms with Gasteiger partial charge in [0.2, 0.25) is 6.39 Å². The lowest BCUT2D eigenvalue weighted by atomic mass is 10.1. The average Bonchev–Trinajstić information content (AvgIpc) is 2.91. The molecule has 9 heteroatoms. The molecule has 0 aliphatic carbocycles. The maximum atomic E-state index is 11.9. The lowest BCUT2D eigenvalue weighted by molar-refractivity contribution is -0.385. The van der Waals surface area contributed by atoms with E-state index in [0.717, 1.165) is 0 Å². The van der Waals surface area contributed by atoms with Crippen LogP contribution >= 0.6 is 11.6 Å². The van der Waals surface area contributed by atoms with Crippen molar-refractivity contribution < 1.29 is 14.2 Å². The average molecular weight is 297 g/mol. The minimum absolute atomic E-state index is 0.0826. The van der Waals surface area contributed by atoms with Crippen molar-refractivity contribution in [1.29, 1.82) is 0 Å². The van der Waals surface area contributed by atoms with Gasteiger partial charge in [-0.05, 0) is 12.1 Å². The highest BCUT2D eigenvalue weighted by atomic mass is 35.5. The van der Waals surface area contributed by atoms with Crippen LogP contribution in [0.25, 0.3) is 0 Å². The number of carbonyl (C=O) groups excluding carboxylic acids is 1. The van der Waals surface area contributed by atoms with Gasteiger partial charge in [-0.25, -0.2) is 0 Å². The topological polar surface area (TPSA) is 111 Å². The molecule has 104 valence electrons. The Morgan fingerprint density at radius 3 is 2.95 bits per heavy atom. The van der Waals surface area contributed by atoms with Crippen LogP contribution in [0.15, 0.2) is 29.1 Å². The Morgan fingerprint density at radius 2 is 2.30 bits per heavy atom. The lowest BCUT2D eigenvalue weighted by Crippen LogP contribution is -2.26. The van der Waals surface area contributed by atoms with Crippen molar-refractivity contribution in [2.24, 2.45) is 0 Å². The molecular formula is C11H9ClN4O4. The number of aromatic nitrogens is 2. The van der Waals surface area contributed by atoms with Crippen molar-refractivity contribution in [1.82, 2.24) is 15.5 Å². The van der Waals surface area contributed by atoms with E-state index in [4.69, 9.17) is 11.6 Å². The molecule has 0 fully saturated rings. The zero-order valence-electron chi connectivity index (χ0n) is 10.1. The molecule has 1 aromatic carbocycles. The number of para-hydroxylation sites is 1. The Bertz CT molecular complexity index is 629. The minimum atomic E-state index is -0.684. The van der Waals surface area contributed by atoms with Gasteiger partial charge in [-0.3, -0.25) is 14.9 Å². The molecule has 0 aliphatic rings. The van der Waals surface area contributed by atoms with E-state index in [9.17, 15) is 14.9 Å². The van der Waals surface area contributed by atoms with Crippen molar-refractivity contribution in [3.63, 3.8) is 0 Å². The van der Waals surface area contributed by atoms with Gasteiger partial charge in [0.05, 0.1) is 4.92 Å². The second-order valence-electron chi connectivity index (χ2n) is 3.75. The molecule has 0 saturated heterocycles. The predicted molar refractivity (Wildman–Crippen MR) is 68.4 cm³/mol. The van der Waals surface area contributed by atoms with Gasteiger partial charge in [0.15, 0.2) is 5.82 Å². The lowest BCUT2D eigenvalue weighted by Gasteiger charge is -2.05.